The Morgan fingerprint density at radius 2 is 1.96 bits per heavy atom. The van der Waals surface area contributed by atoms with Gasteiger partial charge in [0.2, 0.25) is 5.91 Å². The molecule has 0 atom stereocenters. The number of amidine groups is 1. The quantitative estimate of drug-likeness (QED) is 0.633. The predicted octanol–water partition coefficient (Wildman–Crippen LogP) is 3.44. The van der Waals surface area contributed by atoms with E-state index >= 15 is 0 Å². The van der Waals surface area contributed by atoms with Gasteiger partial charge in [0.25, 0.3) is 0 Å². The zero-order valence-corrected chi connectivity index (χ0v) is 14.4. The van der Waals surface area contributed by atoms with Gasteiger partial charge >= 0.3 is 0 Å². The number of benzene rings is 2. The number of halogens is 2. The third kappa shape index (κ3) is 4.24. The number of aliphatic imine (C=N–C) groups is 1. The fraction of sp³-hybridized carbons (Fsp3) is 0.263. The Bertz CT molecular complexity index is 847. The molecule has 4 nitrogen and oxygen atoms in total. The van der Waals surface area contributed by atoms with Gasteiger partial charge in [-0.1, -0.05) is 23.7 Å². The van der Waals surface area contributed by atoms with Crippen LogP contribution in [0.1, 0.15) is 24.0 Å². The summed E-state index contributed by atoms with van der Waals surface area (Å²) in [6.45, 7) is 0.292. The third-order valence-corrected chi connectivity index (χ3v) is 4.55. The fourth-order valence-electron chi connectivity index (χ4n) is 2.67. The molecule has 4 N–H and O–H groups in total. The maximum atomic E-state index is 13.5. The first kappa shape index (κ1) is 17.6. The van der Waals surface area contributed by atoms with Crippen LogP contribution in [-0.4, -0.2) is 11.7 Å². The van der Waals surface area contributed by atoms with Gasteiger partial charge in [-0.15, -0.1) is 0 Å². The van der Waals surface area contributed by atoms with Crippen LogP contribution in [0.2, 0.25) is 5.02 Å². The molecule has 0 radical (unpaired) electrons. The highest BCUT2D eigenvalue weighted by molar-refractivity contribution is 6.33. The van der Waals surface area contributed by atoms with Crippen molar-refractivity contribution in [1.82, 2.24) is 0 Å². The van der Waals surface area contributed by atoms with Crippen LogP contribution in [0.4, 0.5) is 4.39 Å². The smallest absolute Gasteiger partial charge is 0.250 e. The van der Waals surface area contributed by atoms with Crippen molar-refractivity contribution in [3.8, 4) is 11.1 Å². The van der Waals surface area contributed by atoms with E-state index in [0.717, 1.165) is 29.5 Å². The fourth-order valence-corrected chi connectivity index (χ4v) is 2.90. The van der Waals surface area contributed by atoms with Crippen LogP contribution in [0.15, 0.2) is 41.4 Å². The number of carbonyl (C=O) groups is 1. The van der Waals surface area contributed by atoms with Crippen LogP contribution in [0, 0.1) is 11.7 Å². The highest BCUT2D eigenvalue weighted by Crippen LogP contribution is 2.31. The average molecular weight is 360 g/mol. The summed E-state index contributed by atoms with van der Waals surface area (Å²) in [4.78, 5) is 15.7. The molecule has 0 bridgehead atoms. The van der Waals surface area contributed by atoms with Gasteiger partial charge in [0.1, 0.15) is 11.7 Å². The molecule has 0 heterocycles. The van der Waals surface area contributed by atoms with Crippen molar-refractivity contribution in [3.63, 3.8) is 0 Å². The topological polar surface area (TPSA) is 81.5 Å². The van der Waals surface area contributed by atoms with Gasteiger partial charge in [0, 0.05) is 29.5 Å². The molecule has 0 aromatic heterocycles. The van der Waals surface area contributed by atoms with E-state index in [1.807, 2.05) is 18.2 Å². The molecule has 3 rings (SSSR count). The molecule has 0 unspecified atom stereocenters. The summed E-state index contributed by atoms with van der Waals surface area (Å²) >= 11 is 6.17. The summed E-state index contributed by atoms with van der Waals surface area (Å²) in [5.41, 5.74) is 14.9. The molecule has 2 aromatic carbocycles. The first-order chi connectivity index (χ1) is 12.0. The van der Waals surface area contributed by atoms with Gasteiger partial charge in [0.15, 0.2) is 0 Å². The lowest BCUT2D eigenvalue weighted by Gasteiger charge is -2.12. The number of rotatable bonds is 5. The van der Waals surface area contributed by atoms with Gasteiger partial charge in [-0.05, 0) is 53.8 Å². The van der Waals surface area contributed by atoms with Gasteiger partial charge in [-0.2, -0.15) is 0 Å². The molecule has 1 aliphatic rings. The maximum Gasteiger partial charge on any atom is 0.250 e. The molecular weight excluding hydrogens is 341 g/mol. The summed E-state index contributed by atoms with van der Waals surface area (Å²) in [5.74, 6) is -0.170. The van der Waals surface area contributed by atoms with E-state index in [-0.39, 0.29) is 23.5 Å². The lowest BCUT2D eigenvalue weighted by molar-refractivity contribution is -0.118. The molecular formula is C19H19ClFN3O. The van der Waals surface area contributed by atoms with Crippen LogP contribution in [0.5, 0.6) is 0 Å². The second-order valence-corrected chi connectivity index (χ2v) is 6.61. The number of carbonyl (C=O) groups excluding carboxylic acids is 1. The Morgan fingerprint density at radius 3 is 2.64 bits per heavy atom. The third-order valence-electron chi connectivity index (χ3n) is 4.22. The number of hydrogen-bond acceptors (Lipinski definition) is 2. The van der Waals surface area contributed by atoms with E-state index in [9.17, 15) is 9.18 Å². The molecule has 25 heavy (non-hydrogen) atoms. The van der Waals surface area contributed by atoms with Crippen molar-refractivity contribution >= 4 is 23.3 Å². The molecule has 130 valence electrons. The highest BCUT2D eigenvalue weighted by Gasteiger charge is 2.29. The summed E-state index contributed by atoms with van der Waals surface area (Å²) < 4.78 is 13.5. The SMILES string of the molecule is NCc1cc(-c2cc(F)ccc2Cl)ccc1CC(N)=NC(=O)C1CC1. The van der Waals surface area contributed by atoms with Crippen molar-refractivity contribution in [2.75, 3.05) is 0 Å². The molecule has 1 amide bonds. The van der Waals surface area contributed by atoms with E-state index in [0.29, 0.717) is 23.6 Å². The van der Waals surface area contributed by atoms with Crippen LogP contribution in [0.3, 0.4) is 0 Å². The Kier molecular flexibility index (Phi) is 5.16. The lowest BCUT2D eigenvalue weighted by atomic mass is 9.97. The van der Waals surface area contributed by atoms with Crippen molar-refractivity contribution in [1.29, 1.82) is 0 Å². The Balaban J connectivity index is 1.86. The number of nitrogens with zero attached hydrogens (tertiary/aromatic N) is 1. The van der Waals surface area contributed by atoms with Crippen LogP contribution in [0.25, 0.3) is 11.1 Å². The zero-order chi connectivity index (χ0) is 18.0. The second kappa shape index (κ2) is 7.33. The predicted molar refractivity (Wildman–Crippen MR) is 97.8 cm³/mol. The summed E-state index contributed by atoms with van der Waals surface area (Å²) in [7, 11) is 0. The van der Waals surface area contributed by atoms with E-state index in [1.54, 1.807) is 0 Å². The standard InChI is InChI=1S/C19H19ClFN3O/c20-17-6-5-15(21)9-16(17)13-4-3-12(14(7-13)10-22)8-18(23)24-19(25)11-1-2-11/h3-7,9,11H,1-2,8,10,22H2,(H2,23,24,25). The second-order valence-electron chi connectivity index (χ2n) is 6.20. The largest absolute Gasteiger partial charge is 0.387 e. The first-order valence-corrected chi connectivity index (χ1v) is 8.50. The summed E-state index contributed by atoms with van der Waals surface area (Å²) in [6, 6.07) is 9.80. The van der Waals surface area contributed by atoms with E-state index in [2.05, 4.69) is 4.99 Å². The minimum absolute atomic E-state index is 0.0463. The maximum absolute atomic E-state index is 13.5. The molecule has 1 aliphatic carbocycles. The minimum Gasteiger partial charge on any atom is -0.387 e. The first-order valence-electron chi connectivity index (χ1n) is 8.12. The van der Waals surface area contributed by atoms with E-state index in [1.165, 1.54) is 18.2 Å². The Hall–Kier alpha value is -2.24. The Morgan fingerprint density at radius 1 is 1.20 bits per heavy atom. The lowest BCUT2D eigenvalue weighted by Crippen LogP contribution is -2.19. The van der Waals surface area contributed by atoms with Gasteiger partial charge in [0.05, 0.1) is 0 Å². The van der Waals surface area contributed by atoms with Gasteiger partial charge < -0.3 is 11.5 Å². The zero-order valence-electron chi connectivity index (χ0n) is 13.6. The Labute approximate surface area is 150 Å². The average Bonchev–Trinajstić information content (AvgIpc) is 3.42. The van der Waals surface area contributed by atoms with Crippen molar-refractivity contribution in [2.45, 2.75) is 25.8 Å². The molecule has 1 fully saturated rings. The van der Waals surface area contributed by atoms with Crippen molar-refractivity contribution in [3.05, 3.63) is 58.4 Å². The summed E-state index contributed by atoms with van der Waals surface area (Å²) in [6.07, 6.45) is 2.14. The molecule has 0 spiro atoms. The summed E-state index contributed by atoms with van der Waals surface area (Å²) in [5, 5.41) is 0.466. The molecule has 6 heteroatoms. The minimum atomic E-state index is -0.354. The van der Waals surface area contributed by atoms with Crippen LogP contribution >= 0.6 is 11.6 Å². The number of hydrogen-bond donors (Lipinski definition) is 2. The van der Waals surface area contributed by atoms with Crippen molar-refractivity contribution < 1.29 is 9.18 Å². The van der Waals surface area contributed by atoms with Crippen molar-refractivity contribution in [2.24, 2.45) is 22.4 Å². The normalized spacial score (nSPS) is 14.6. The number of nitrogens with two attached hydrogens (primary N) is 2. The molecule has 0 saturated heterocycles. The molecule has 1 saturated carbocycles. The monoisotopic (exact) mass is 359 g/mol. The van der Waals surface area contributed by atoms with Gasteiger partial charge in [-0.3, -0.25) is 4.79 Å². The van der Waals surface area contributed by atoms with E-state index in [4.69, 9.17) is 23.1 Å². The van der Waals surface area contributed by atoms with Gasteiger partial charge in [-0.25, -0.2) is 9.38 Å². The molecule has 0 aliphatic heterocycles. The highest BCUT2D eigenvalue weighted by atomic mass is 35.5. The molecule has 2 aromatic rings. The van der Waals surface area contributed by atoms with Crippen LogP contribution in [-0.2, 0) is 17.8 Å². The number of amides is 1. The van der Waals surface area contributed by atoms with Crippen LogP contribution < -0.4 is 11.5 Å². The van der Waals surface area contributed by atoms with E-state index < -0.39 is 0 Å².